The van der Waals surface area contributed by atoms with E-state index in [2.05, 4.69) is 10.4 Å². The first kappa shape index (κ1) is 13.3. The van der Waals surface area contributed by atoms with Gasteiger partial charge in [0.15, 0.2) is 0 Å². The van der Waals surface area contributed by atoms with Crippen molar-refractivity contribution in [3.63, 3.8) is 0 Å². The Bertz CT molecular complexity index is 543. The van der Waals surface area contributed by atoms with Gasteiger partial charge in [0, 0.05) is 24.8 Å². The van der Waals surface area contributed by atoms with E-state index >= 15 is 0 Å². The zero-order valence-electron chi connectivity index (χ0n) is 11.4. The number of carbonyl (C=O) groups is 1. The Morgan fingerprint density at radius 3 is 2.58 bits per heavy atom. The van der Waals surface area contributed by atoms with Gasteiger partial charge in [-0.05, 0) is 38.5 Å². The van der Waals surface area contributed by atoms with Gasteiger partial charge in [0.1, 0.15) is 0 Å². The molecule has 0 radical (unpaired) electrons. The number of rotatable bonds is 5. The molecule has 2 rings (SSSR count). The van der Waals surface area contributed by atoms with Crippen molar-refractivity contribution < 1.29 is 4.79 Å². The summed E-state index contributed by atoms with van der Waals surface area (Å²) in [5, 5.41) is 7.21. The lowest BCUT2D eigenvalue weighted by atomic mass is 10.1. The fourth-order valence-corrected chi connectivity index (χ4v) is 1.84. The number of nitrogens with one attached hydrogen (secondary N) is 1. The summed E-state index contributed by atoms with van der Waals surface area (Å²) in [6.07, 6.45) is 2.83. The molecule has 0 unspecified atom stereocenters. The summed E-state index contributed by atoms with van der Waals surface area (Å²) in [6, 6.07) is 9.57. The number of hydrogen-bond donors (Lipinski definition) is 1. The van der Waals surface area contributed by atoms with E-state index < -0.39 is 0 Å². The lowest BCUT2D eigenvalue weighted by Crippen LogP contribution is -2.25. The first-order valence-electron chi connectivity index (χ1n) is 6.50. The van der Waals surface area contributed by atoms with Crippen molar-refractivity contribution >= 4 is 5.91 Å². The second kappa shape index (κ2) is 6.18. The molecule has 100 valence electrons. The molecule has 4 nitrogen and oxygen atoms in total. The summed E-state index contributed by atoms with van der Waals surface area (Å²) in [4.78, 5) is 11.8. The first-order chi connectivity index (χ1) is 9.15. The van der Waals surface area contributed by atoms with Crippen molar-refractivity contribution in [2.24, 2.45) is 0 Å². The van der Waals surface area contributed by atoms with Crippen LogP contribution in [0, 0.1) is 13.8 Å². The first-order valence-corrected chi connectivity index (χ1v) is 6.50. The number of amides is 1. The molecule has 0 aliphatic carbocycles. The van der Waals surface area contributed by atoms with Crippen molar-refractivity contribution in [3.05, 3.63) is 53.3 Å². The van der Waals surface area contributed by atoms with Crippen LogP contribution in [0.2, 0.25) is 0 Å². The van der Waals surface area contributed by atoms with Crippen LogP contribution >= 0.6 is 0 Å². The Balaban J connectivity index is 1.73. The van der Waals surface area contributed by atoms with Gasteiger partial charge in [-0.2, -0.15) is 5.10 Å². The smallest absolute Gasteiger partial charge is 0.251 e. The summed E-state index contributed by atoms with van der Waals surface area (Å²) in [7, 11) is 0. The second-order valence-corrected chi connectivity index (χ2v) is 4.70. The van der Waals surface area contributed by atoms with E-state index in [0.29, 0.717) is 12.1 Å². The minimum atomic E-state index is -0.0170. The van der Waals surface area contributed by atoms with Gasteiger partial charge < -0.3 is 5.32 Å². The fourth-order valence-electron chi connectivity index (χ4n) is 1.84. The summed E-state index contributed by atoms with van der Waals surface area (Å²) in [6.45, 7) is 5.46. The molecule has 2 aromatic rings. The molecule has 0 aliphatic heterocycles. The molecule has 0 atom stereocenters. The Hall–Kier alpha value is -2.10. The van der Waals surface area contributed by atoms with Crippen LogP contribution in [0.3, 0.4) is 0 Å². The highest BCUT2D eigenvalue weighted by Crippen LogP contribution is 2.02. The highest BCUT2D eigenvalue weighted by molar-refractivity contribution is 5.94. The van der Waals surface area contributed by atoms with Crippen LogP contribution < -0.4 is 5.32 Å². The molecule has 0 saturated carbocycles. The second-order valence-electron chi connectivity index (χ2n) is 4.70. The largest absolute Gasteiger partial charge is 0.352 e. The van der Waals surface area contributed by atoms with Gasteiger partial charge in [-0.15, -0.1) is 0 Å². The van der Waals surface area contributed by atoms with Gasteiger partial charge in [-0.25, -0.2) is 0 Å². The van der Waals surface area contributed by atoms with E-state index in [0.717, 1.165) is 24.2 Å². The molecule has 0 aliphatic rings. The number of benzene rings is 1. The van der Waals surface area contributed by atoms with Crippen LogP contribution in [0.15, 0.2) is 36.5 Å². The van der Waals surface area contributed by atoms with Crippen molar-refractivity contribution in [3.8, 4) is 0 Å². The number of carbonyl (C=O) groups excluding carboxylic acids is 1. The van der Waals surface area contributed by atoms with Crippen LogP contribution in [0.25, 0.3) is 0 Å². The average molecular weight is 257 g/mol. The van der Waals surface area contributed by atoms with Crippen molar-refractivity contribution in [2.45, 2.75) is 26.8 Å². The van der Waals surface area contributed by atoms with Gasteiger partial charge in [0.25, 0.3) is 5.91 Å². The maximum Gasteiger partial charge on any atom is 0.251 e. The predicted molar refractivity (Wildman–Crippen MR) is 75.1 cm³/mol. The third-order valence-electron chi connectivity index (χ3n) is 2.94. The van der Waals surface area contributed by atoms with Crippen molar-refractivity contribution in [2.75, 3.05) is 6.54 Å². The number of nitrogens with zero attached hydrogens (tertiary/aromatic N) is 2. The van der Waals surface area contributed by atoms with Gasteiger partial charge in [0.2, 0.25) is 0 Å². The number of aromatic nitrogens is 2. The van der Waals surface area contributed by atoms with Gasteiger partial charge in [-0.3, -0.25) is 9.48 Å². The quantitative estimate of drug-likeness (QED) is 0.836. The van der Waals surface area contributed by atoms with E-state index in [1.54, 1.807) is 0 Å². The molecule has 1 aromatic carbocycles. The Morgan fingerprint density at radius 2 is 1.95 bits per heavy atom. The Morgan fingerprint density at radius 1 is 1.21 bits per heavy atom. The SMILES string of the molecule is Cc1ccc(C(=O)NCCCn2ccc(C)n2)cc1. The lowest BCUT2D eigenvalue weighted by Gasteiger charge is -2.05. The third kappa shape index (κ3) is 3.95. The number of hydrogen-bond acceptors (Lipinski definition) is 2. The topological polar surface area (TPSA) is 46.9 Å². The van der Waals surface area contributed by atoms with E-state index in [4.69, 9.17) is 0 Å². The zero-order valence-corrected chi connectivity index (χ0v) is 11.4. The molecule has 0 bridgehead atoms. The monoisotopic (exact) mass is 257 g/mol. The molecular weight excluding hydrogens is 238 g/mol. The van der Waals surface area contributed by atoms with Crippen molar-refractivity contribution in [1.82, 2.24) is 15.1 Å². The summed E-state index contributed by atoms with van der Waals surface area (Å²) in [5.41, 5.74) is 2.88. The molecule has 0 fully saturated rings. The van der Waals surface area contributed by atoms with E-state index in [1.165, 1.54) is 0 Å². The zero-order chi connectivity index (χ0) is 13.7. The molecule has 1 amide bonds. The van der Waals surface area contributed by atoms with Gasteiger partial charge in [0.05, 0.1) is 5.69 Å². The van der Waals surface area contributed by atoms with Crippen molar-refractivity contribution in [1.29, 1.82) is 0 Å². The number of aryl methyl sites for hydroxylation is 3. The molecule has 1 aromatic heterocycles. The molecule has 19 heavy (non-hydrogen) atoms. The van der Waals surface area contributed by atoms with Crippen LogP contribution in [0.5, 0.6) is 0 Å². The minimum absolute atomic E-state index is 0.0170. The molecule has 1 N–H and O–H groups in total. The van der Waals surface area contributed by atoms with Crippen LogP contribution in [-0.2, 0) is 6.54 Å². The standard InChI is InChI=1S/C15H19N3O/c1-12-4-6-14(7-5-12)15(19)16-9-3-10-18-11-8-13(2)17-18/h4-8,11H,3,9-10H2,1-2H3,(H,16,19). The van der Waals surface area contributed by atoms with Crippen LogP contribution in [-0.4, -0.2) is 22.2 Å². The van der Waals surface area contributed by atoms with Crippen LogP contribution in [0.4, 0.5) is 0 Å². The maximum absolute atomic E-state index is 11.8. The minimum Gasteiger partial charge on any atom is -0.352 e. The molecule has 1 heterocycles. The average Bonchev–Trinajstić information content (AvgIpc) is 2.81. The molecule has 0 spiro atoms. The molecule has 0 saturated heterocycles. The Kier molecular flexibility index (Phi) is 4.34. The summed E-state index contributed by atoms with van der Waals surface area (Å²) < 4.78 is 1.90. The molecule has 4 heteroatoms. The third-order valence-corrected chi connectivity index (χ3v) is 2.94. The molecular formula is C15H19N3O. The summed E-state index contributed by atoms with van der Waals surface area (Å²) in [5.74, 6) is -0.0170. The van der Waals surface area contributed by atoms with E-state index in [-0.39, 0.29) is 5.91 Å². The normalized spacial score (nSPS) is 10.4. The van der Waals surface area contributed by atoms with E-state index in [9.17, 15) is 4.79 Å². The Labute approximate surface area is 113 Å². The van der Waals surface area contributed by atoms with Gasteiger partial charge in [-0.1, -0.05) is 17.7 Å². The fraction of sp³-hybridized carbons (Fsp3) is 0.333. The highest BCUT2D eigenvalue weighted by Gasteiger charge is 2.03. The lowest BCUT2D eigenvalue weighted by molar-refractivity contribution is 0.0952. The summed E-state index contributed by atoms with van der Waals surface area (Å²) >= 11 is 0. The predicted octanol–water partition coefficient (Wildman–Crippen LogP) is 2.32. The highest BCUT2D eigenvalue weighted by atomic mass is 16.1. The van der Waals surface area contributed by atoms with E-state index in [1.807, 2.05) is 55.1 Å². The van der Waals surface area contributed by atoms with Crippen LogP contribution in [0.1, 0.15) is 28.0 Å². The van der Waals surface area contributed by atoms with Gasteiger partial charge >= 0.3 is 0 Å². The maximum atomic E-state index is 11.8.